The lowest BCUT2D eigenvalue weighted by Crippen LogP contribution is -2.41. The number of nitrogens with zero attached hydrogens (tertiary/aromatic N) is 2. The summed E-state index contributed by atoms with van der Waals surface area (Å²) in [6.45, 7) is 7.81. The first-order chi connectivity index (χ1) is 13.5. The molecular weight excluding hydrogens is 352 g/mol. The number of carbonyl (C=O) groups is 2. The van der Waals surface area contributed by atoms with Gasteiger partial charge in [-0.2, -0.15) is 0 Å². The van der Waals surface area contributed by atoms with Crippen LogP contribution in [0.4, 0.5) is 5.69 Å². The minimum Gasteiger partial charge on any atom is -0.372 e. The summed E-state index contributed by atoms with van der Waals surface area (Å²) in [4.78, 5) is 31.6. The maximum Gasteiger partial charge on any atom is 0.270 e. The molecule has 3 rings (SSSR count). The number of benzene rings is 2. The van der Waals surface area contributed by atoms with Gasteiger partial charge in [-0.3, -0.25) is 25.4 Å². The maximum absolute atomic E-state index is 12.6. The lowest BCUT2D eigenvalue weighted by molar-refractivity contribution is 0.0847. The van der Waals surface area contributed by atoms with Crippen LogP contribution in [0.5, 0.6) is 0 Å². The van der Waals surface area contributed by atoms with Crippen LogP contribution in [0.15, 0.2) is 54.6 Å². The molecule has 0 saturated heterocycles. The van der Waals surface area contributed by atoms with Crippen molar-refractivity contribution in [3.05, 3.63) is 71.4 Å². The van der Waals surface area contributed by atoms with Crippen molar-refractivity contribution in [1.82, 2.24) is 15.8 Å². The van der Waals surface area contributed by atoms with Gasteiger partial charge >= 0.3 is 0 Å². The predicted octanol–water partition coefficient (Wildman–Crippen LogP) is 3.46. The number of rotatable bonds is 5. The van der Waals surface area contributed by atoms with Gasteiger partial charge in [0.15, 0.2) is 0 Å². The van der Waals surface area contributed by atoms with Crippen LogP contribution in [0.3, 0.4) is 0 Å². The van der Waals surface area contributed by atoms with Crippen molar-refractivity contribution >= 4 is 28.4 Å². The number of fused-ring (bicyclic) bond motifs is 1. The topological polar surface area (TPSA) is 74.3 Å². The van der Waals surface area contributed by atoms with Crippen LogP contribution in [0.2, 0.25) is 0 Å². The number of hydrogen-bond donors (Lipinski definition) is 2. The third-order valence-electron chi connectivity index (χ3n) is 4.64. The van der Waals surface area contributed by atoms with E-state index in [-0.39, 0.29) is 11.8 Å². The Morgan fingerprint density at radius 3 is 2.25 bits per heavy atom. The zero-order valence-electron chi connectivity index (χ0n) is 16.3. The fourth-order valence-corrected chi connectivity index (χ4v) is 3.16. The highest BCUT2D eigenvalue weighted by Gasteiger charge is 2.13. The first kappa shape index (κ1) is 19.4. The zero-order chi connectivity index (χ0) is 20.1. The molecule has 0 bridgehead atoms. The number of aryl methyl sites for hydroxylation is 1. The van der Waals surface area contributed by atoms with Crippen LogP contribution in [0.25, 0.3) is 10.9 Å². The van der Waals surface area contributed by atoms with E-state index in [1.165, 1.54) is 0 Å². The second-order valence-electron chi connectivity index (χ2n) is 6.46. The normalized spacial score (nSPS) is 10.5. The van der Waals surface area contributed by atoms with Gasteiger partial charge in [0.1, 0.15) is 0 Å². The first-order valence-corrected chi connectivity index (χ1v) is 9.35. The number of carbonyl (C=O) groups excluding carboxylic acids is 2. The molecule has 0 radical (unpaired) electrons. The molecule has 144 valence electrons. The van der Waals surface area contributed by atoms with E-state index in [9.17, 15) is 9.59 Å². The number of nitrogens with one attached hydrogen (secondary N) is 2. The molecule has 0 aliphatic heterocycles. The summed E-state index contributed by atoms with van der Waals surface area (Å²) in [5.41, 5.74) is 8.48. The monoisotopic (exact) mass is 376 g/mol. The number of aromatic nitrogens is 1. The molecule has 6 heteroatoms. The van der Waals surface area contributed by atoms with Gasteiger partial charge < -0.3 is 4.90 Å². The standard InChI is InChI=1S/C22H24N4O2/c1-4-26(5-2)17-12-10-16(11-13-17)21(27)24-25-22(28)19-14-15(3)23-20-9-7-6-8-18(19)20/h6-14H,4-5H2,1-3H3,(H,24,27)(H,25,28). The van der Waals surface area contributed by atoms with Gasteiger partial charge in [-0.05, 0) is 57.2 Å². The summed E-state index contributed by atoms with van der Waals surface area (Å²) < 4.78 is 0. The molecule has 0 aliphatic carbocycles. The van der Waals surface area contributed by atoms with E-state index in [0.717, 1.165) is 35.4 Å². The van der Waals surface area contributed by atoms with Crippen molar-refractivity contribution in [3.63, 3.8) is 0 Å². The summed E-state index contributed by atoms with van der Waals surface area (Å²) >= 11 is 0. The Balaban J connectivity index is 1.70. The van der Waals surface area contributed by atoms with E-state index in [0.29, 0.717) is 11.1 Å². The van der Waals surface area contributed by atoms with Gasteiger partial charge in [-0.15, -0.1) is 0 Å². The molecule has 0 atom stereocenters. The summed E-state index contributed by atoms with van der Waals surface area (Å²) in [6.07, 6.45) is 0. The zero-order valence-corrected chi connectivity index (χ0v) is 16.3. The molecule has 28 heavy (non-hydrogen) atoms. The smallest absolute Gasteiger partial charge is 0.270 e. The van der Waals surface area contributed by atoms with Crippen molar-refractivity contribution in [3.8, 4) is 0 Å². The molecule has 1 heterocycles. The number of hydrogen-bond acceptors (Lipinski definition) is 4. The van der Waals surface area contributed by atoms with E-state index in [4.69, 9.17) is 0 Å². The van der Waals surface area contributed by atoms with Crippen LogP contribution in [-0.2, 0) is 0 Å². The largest absolute Gasteiger partial charge is 0.372 e. The van der Waals surface area contributed by atoms with Crippen molar-refractivity contribution in [2.45, 2.75) is 20.8 Å². The Morgan fingerprint density at radius 2 is 1.57 bits per heavy atom. The lowest BCUT2D eigenvalue weighted by Gasteiger charge is -2.21. The SMILES string of the molecule is CCN(CC)c1ccc(C(=O)NNC(=O)c2cc(C)nc3ccccc23)cc1. The highest BCUT2D eigenvalue weighted by Crippen LogP contribution is 2.18. The fraction of sp³-hybridized carbons (Fsp3) is 0.227. The van der Waals surface area contributed by atoms with E-state index in [2.05, 4.69) is 34.6 Å². The highest BCUT2D eigenvalue weighted by atomic mass is 16.2. The molecule has 0 aliphatic rings. The van der Waals surface area contributed by atoms with E-state index in [1.807, 2.05) is 43.3 Å². The molecule has 1 aromatic heterocycles. The minimum atomic E-state index is -0.380. The number of anilines is 1. The summed E-state index contributed by atoms with van der Waals surface area (Å²) in [5.74, 6) is -0.746. The molecule has 0 unspecified atom stereocenters. The van der Waals surface area contributed by atoms with Crippen molar-refractivity contribution in [2.75, 3.05) is 18.0 Å². The van der Waals surface area contributed by atoms with Gasteiger partial charge in [0, 0.05) is 35.4 Å². The number of hydrazine groups is 1. The predicted molar refractivity (Wildman–Crippen MR) is 111 cm³/mol. The Kier molecular flexibility index (Phi) is 5.89. The van der Waals surface area contributed by atoms with E-state index >= 15 is 0 Å². The van der Waals surface area contributed by atoms with Crippen LogP contribution in [0, 0.1) is 6.92 Å². The molecule has 0 saturated carbocycles. The summed E-state index contributed by atoms with van der Waals surface area (Å²) in [7, 11) is 0. The number of para-hydroxylation sites is 1. The third kappa shape index (κ3) is 4.11. The summed E-state index contributed by atoms with van der Waals surface area (Å²) in [5, 5.41) is 0.739. The second-order valence-corrected chi connectivity index (χ2v) is 6.46. The second kappa shape index (κ2) is 8.52. The molecule has 0 fully saturated rings. The van der Waals surface area contributed by atoms with Crippen LogP contribution < -0.4 is 15.8 Å². The Labute approximate surface area is 164 Å². The molecular formula is C22H24N4O2. The molecule has 2 aromatic carbocycles. The number of pyridine rings is 1. The number of amides is 2. The first-order valence-electron chi connectivity index (χ1n) is 9.35. The van der Waals surface area contributed by atoms with Crippen molar-refractivity contribution < 1.29 is 9.59 Å². The van der Waals surface area contributed by atoms with Crippen LogP contribution >= 0.6 is 0 Å². The maximum atomic E-state index is 12.6. The highest BCUT2D eigenvalue weighted by molar-refractivity contribution is 6.07. The third-order valence-corrected chi connectivity index (χ3v) is 4.64. The average Bonchev–Trinajstić information content (AvgIpc) is 2.72. The average molecular weight is 376 g/mol. The molecule has 2 N–H and O–H groups in total. The lowest BCUT2D eigenvalue weighted by atomic mass is 10.1. The van der Waals surface area contributed by atoms with Gasteiger partial charge in [-0.25, -0.2) is 0 Å². The van der Waals surface area contributed by atoms with E-state index < -0.39 is 0 Å². The minimum absolute atomic E-state index is 0.366. The van der Waals surface area contributed by atoms with Gasteiger partial charge in [0.25, 0.3) is 11.8 Å². The van der Waals surface area contributed by atoms with Gasteiger partial charge in [0.2, 0.25) is 0 Å². The molecule has 3 aromatic rings. The van der Waals surface area contributed by atoms with E-state index in [1.54, 1.807) is 18.2 Å². The Hall–Kier alpha value is -3.41. The Bertz CT molecular complexity index is 995. The molecule has 0 spiro atoms. The molecule has 2 amide bonds. The summed E-state index contributed by atoms with van der Waals surface area (Å²) in [6, 6.07) is 16.4. The van der Waals surface area contributed by atoms with Crippen molar-refractivity contribution in [2.24, 2.45) is 0 Å². The quantitative estimate of drug-likeness (QED) is 0.669. The van der Waals surface area contributed by atoms with Crippen molar-refractivity contribution in [1.29, 1.82) is 0 Å². The fourth-order valence-electron chi connectivity index (χ4n) is 3.16. The Morgan fingerprint density at radius 1 is 0.929 bits per heavy atom. The van der Waals surface area contributed by atoms with Crippen LogP contribution in [-0.4, -0.2) is 29.9 Å². The van der Waals surface area contributed by atoms with Gasteiger partial charge in [-0.1, -0.05) is 18.2 Å². The molecule has 6 nitrogen and oxygen atoms in total. The van der Waals surface area contributed by atoms with Crippen LogP contribution in [0.1, 0.15) is 40.3 Å². The van der Waals surface area contributed by atoms with Gasteiger partial charge in [0.05, 0.1) is 11.1 Å².